The number of halogens is 4. The second-order valence-electron chi connectivity index (χ2n) is 7.64. The zero-order valence-electron chi connectivity index (χ0n) is 18.9. The van der Waals surface area contributed by atoms with Crippen LogP contribution in [0.3, 0.4) is 0 Å². The van der Waals surface area contributed by atoms with Crippen LogP contribution in [-0.4, -0.2) is 46.5 Å². The molecule has 0 spiro atoms. The van der Waals surface area contributed by atoms with Gasteiger partial charge in [-0.05, 0) is 30.3 Å². The molecule has 2 aromatic heterocycles. The Hall–Kier alpha value is -4.10. The lowest BCUT2D eigenvalue weighted by Crippen LogP contribution is -2.20. The van der Waals surface area contributed by atoms with Crippen molar-refractivity contribution < 1.29 is 27.1 Å². The fourth-order valence-corrected chi connectivity index (χ4v) is 3.32. The van der Waals surface area contributed by atoms with Gasteiger partial charge in [-0.1, -0.05) is 12.1 Å². The standard InChI is InChI=1S/C23H21F4N7O2/c1-36-9-8-28-12-19-29-11-16-20(33-34-21(16)32-19)13-2-5-15(6-3-13)30-22(35)31-18-10-14(23(25,26)27)4-7-17(18)24/h2-7,10-11,28H,8-9,12H2,1H3,(H2,30,31,35)(H,29,32,33,34). The maximum atomic E-state index is 13.9. The van der Waals surface area contributed by atoms with E-state index in [-0.39, 0.29) is 0 Å². The van der Waals surface area contributed by atoms with Crippen LogP contribution in [0.2, 0.25) is 0 Å². The molecule has 0 atom stereocenters. The zero-order chi connectivity index (χ0) is 25.7. The van der Waals surface area contributed by atoms with Gasteiger partial charge in [-0.25, -0.2) is 19.2 Å². The number of urea groups is 1. The molecular weight excluding hydrogens is 482 g/mol. The quantitative estimate of drug-likeness (QED) is 0.207. The van der Waals surface area contributed by atoms with E-state index >= 15 is 0 Å². The summed E-state index contributed by atoms with van der Waals surface area (Å²) < 4.78 is 57.4. The maximum Gasteiger partial charge on any atom is 0.416 e. The van der Waals surface area contributed by atoms with Crippen molar-refractivity contribution in [2.75, 3.05) is 30.9 Å². The molecule has 0 aliphatic carbocycles. The Bertz CT molecular complexity index is 1360. The molecular formula is C23H21F4N7O2. The van der Waals surface area contributed by atoms with E-state index in [1.54, 1.807) is 37.6 Å². The minimum Gasteiger partial charge on any atom is -0.383 e. The van der Waals surface area contributed by atoms with Crippen molar-refractivity contribution >= 4 is 28.4 Å². The molecule has 36 heavy (non-hydrogen) atoms. The van der Waals surface area contributed by atoms with Crippen molar-refractivity contribution in [3.05, 3.63) is 65.9 Å². The Labute approximate surface area is 202 Å². The molecule has 4 rings (SSSR count). The Balaban J connectivity index is 1.42. The van der Waals surface area contributed by atoms with E-state index in [0.29, 0.717) is 66.1 Å². The highest BCUT2D eigenvalue weighted by molar-refractivity contribution is 6.00. The number of aromatic amines is 1. The number of ether oxygens (including phenoxy) is 1. The SMILES string of the molecule is COCCNCc1ncc2c(-c3ccc(NC(=O)Nc4cc(C(F)(F)F)ccc4F)cc3)[nH]nc2n1. The molecule has 0 saturated heterocycles. The third-order valence-electron chi connectivity index (χ3n) is 5.10. The minimum atomic E-state index is -4.67. The third kappa shape index (κ3) is 5.93. The Kier molecular flexibility index (Phi) is 7.41. The predicted molar refractivity (Wildman–Crippen MR) is 125 cm³/mol. The molecule has 0 aliphatic heterocycles. The Morgan fingerprint density at radius 2 is 1.89 bits per heavy atom. The van der Waals surface area contributed by atoms with Crippen molar-refractivity contribution in [2.24, 2.45) is 0 Å². The molecule has 0 aliphatic rings. The highest BCUT2D eigenvalue weighted by atomic mass is 19.4. The van der Waals surface area contributed by atoms with Crippen molar-refractivity contribution in [1.29, 1.82) is 0 Å². The number of nitrogens with one attached hydrogen (secondary N) is 4. The summed E-state index contributed by atoms with van der Waals surface area (Å²) in [6.07, 6.45) is -3.00. The average Bonchev–Trinajstić information content (AvgIpc) is 3.26. The van der Waals surface area contributed by atoms with Gasteiger partial charge < -0.3 is 20.7 Å². The lowest BCUT2D eigenvalue weighted by molar-refractivity contribution is -0.137. The molecule has 0 saturated carbocycles. The van der Waals surface area contributed by atoms with Gasteiger partial charge in [-0.2, -0.15) is 18.3 Å². The van der Waals surface area contributed by atoms with Crippen LogP contribution in [0, 0.1) is 5.82 Å². The summed E-state index contributed by atoms with van der Waals surface area (Å²) in [5.41, 5.74) is 0.583. The van der Waals surface area contributed by atoms with Crippen LogP contribution in [0.4, 0.5) is 33.7 Å². The fraction of sp³-hybridized carbons (Fsp3) is 0.217. The molecule has 2 aromatic carbocycles. The summed E-state index contributed by atoms with van der Waals surface area (Å²) in [5, 5.41) is 15.6. The van der Waals surface area contributed by atoms with Gasteiger partial charge in [0.15, 0.2) is 5.65 Å². The Morgan fingerprint density at radius 3 is 2.61 bits per heavy atom. The number of methoxy groups -OCH3 is 1. The normalized spacial score (nSPS) is 11.6. The second-order valence-corrected chi connectivity index (χ2v) is 7.64. The third-order valence-corrected chi connectivity index (χ3v) is 5.10. The number of carbonyl (C=O) groups excluding carboxylic acids is 1. The number of hydrogen-bond donors (Lipinski definition) is 4. The first kappa shape index (κ1) is 25.0. The molecule has 2 amide bonds. The highest BCUT2D eigenvalue weighted by Crippen LogP contribution is 2.32. The molecule has 2 heterocycles. The molecule has 9 nitrogen and oxygen atoms in total. The van der Waals surface area contributed by atoms with Crippen LogP contribution < -0.4 is 16.0 Å². The number of amides is 2. The fourth-order valence-electron chi connectivity index (χ4n) is 3.32. The number of carbonyl (C=O) groups is 1. The van der Waals surface area contributed by atoms with Gasteiger partial charge in [0.2, 0.25) is 0 Å². The summed E-state index contributed by atoms with van der Waals surface area (Å²) in [4.78, 5) is 21.0. The lowest BCUT2D eigenvalue weighted by atomic mass is 10.1. The number of aromatic nitrogens is 4. The van der Waals surface area contributed by atoms with Crippen LogP contribution in [-0.2, 0) is 17.5 Å². The molecule has 0 unspecified atom stereocenters. The van der Waals surface area contributed by atoms with Crippen molar-refractivity contribution in [2.45, 2.75) is 12.7 Å². The molecule has 0 radical (unpaired) electrons. The number of fused-ring (bicyclic) bond motifs is 1. The van der Waals surface area contributed by atoms with E-state index < -0.39 is 29.3 Å². The summed E-state index contributed by atoms with van der Waals surface area (Å²) in [6, 6.07) is 7.45. The highest BCUT2D eigenvalue weighted by Gasteiger charge is 2.31. The van der Waals surface area contributed by atoms with Crippen LogP contribution >= 0.6 is 0 Å². The number of alkyl halides is 3. The first-order chi connectivity index (χ1) is 17.2. The van der Waals surface area contributed by atoms with Gasteiger partial charge in [0.05, 0.1) is 35.5 Å². The van der Waals surface area contributed by atoms with Gasteiger partial charge in [0, 0.05) is 31.1 Å². The molecule has 4 N–H and O–H groups in total. The van der Waals surface area contributed by atoms with Gasteiger partial charge >= 0.3 is 12.2 Å². The lowest BCUT2D eigenvalue weighted by Gasteiger charge is -2.12. The molecule has 13 heteroatoms. The van der Waals surface area contributed by atoms with Crippen LogP contribution in [0.5, 0.6) is 0 Å². The predicted octanol–water partition coefficient (Wildman–Crippen LogP) is 4.56. The monoisotopic (exact) mass is 503 g/mol. The van der Waals surface area contributed by atoms with Crippen LogP contribution in [0.25, 0.3) is 22.3 Å². The average molecular weight is 503 g/mol. The largest absolute Gasteiger partial charge is 0.416 e. The van der Waals surface area contributed by atoms with Crippen molar-refractivity contribution in [1.82, 2.24) is 25.5 Å². The van der Waals surface area contributed by atoms with Gasteiger partial charge in [-0.15, -0.1) is 0 Å². The zero-order valence-corrected chi connectivity index (χ0v) is 18.9. The van der Waals surface area contributed by atoms with E-state index in [2.05, 4.69) is 36.1 Å². The molecule has 0 bridgehead atoms. The number of hydrogen-bond acceptors (Lipinski definition) is 6. The van der Waals surface area contributed by atoms with Crippen LogP contribution in [0.1, 0.15) is 11.4 Å². The van der Waals surface area contributed by atoms with Gasteiger partial charge in [0.1, 0.15) is 11.6 Å². The minimum absolute atomic E-state index is 0.341. The molecule has 188 valence electrons. The van der Waals surface area contributed by atoms with Gasteiger partial charge in [0.25, 0.3) is 0 Å². The molecule has 4 aromatic rings. The van der Waals surface area contributed by atoms with Crippen LogP contribution in [0.15, 0.2) is 48.7 Å². The number of anilines is 2. The molecule has 0 fully saturated rings. The van der Waals surface area contributed by atoms with Crippen molar-refractivity contribution in [3.63, 3.8) is 0 Å². The first-order valence-electron chi connectivity index (χ1n) is 10.7. The Morgan fingerprint density at radius 1 is 1.11 bits per heavy atom. The van der Waals surface area contributed by atoms with Crippen molar-refractivity contribution in [3.8, 4) is 11.3 Å². The summed E-state index contributed by atoms with van der Waals surface area (Å²) >= 11 is 0. The number of rotatable bonds is 8. The number of nitrogens with zero attached hydrogens (tertiary/aromatic N) is 3. The number of benzene rings is 2. The van der Waals surface area contributed by atoms with E-state index in [9.17, 15) is 22.4 Å². The maximum absolute atomic E-state index is 13.9. The summed E-state index contributed by atoms with van der Waals surface area (Å²) in [5.74, 6) is -0.407. The second kappa shape index (κ2) is 10.7. The van der Waals surface area contributed by atoms with Gasteiger partial charge in [-0.3, -0.25) is 5.10 Å². The first-order valence-corrected chi connectivity index (χ1v) is 10.7. The van der Waals surface area contributed by atoms with E-state index in [1.807, 2.05) is 0 Å². The van der Waals surface area contributed by atoms with E-state index in [4.69, 9.17) is 4.74 Å². The topological polar surface area (TPSA) is 117 Å². The number of H-pyrrole nitrogens is 1. The van der Waals surface area contributed by atoms with E-state index in [1.165, 1.54) is 0 Å². The smallest absolute Gasteiger partial charge is 0.383 e. The summed E-state index contributed by atoms with van der Waals surface area (Å²) in [7, 11) is 1.62. The van der Waals surface area contributed by atoms with E-state index in [0.717, 1.165) is 5.56 Å². The summed E-state index contributed by atoms with van der Waals surface area (Å²) in [6.45, 7) is 1.70.